The Morgan fingerprint density at radius 2 is 2.10 bits per heavy atom. The number of hydrogen-bond acceptors (Lipinski definition) is 6. The molecule has 116 valence electrons. The Balaban J connectivity index is 2.44. The largest absolute Gasteiger partial charge is 0.353 e. The summed E-state index contributed by atoms with van der Waals surface area (Å²) in [5.74, 6) is 7.00. The number of nitrogens with one attached hydrogen (secondary N) is 1. The molecule has 0 fully saturated rings. The van der Waals surface area contributed by atoms with Gasteiger partial charge >= 0.3 is 0 Å². The molecule has 2 rings (SSSR count). The Labute approximate surface area is 130 Å². The summed E-state index contributed by atoms with van der Waals surface area (Å²) >= 11 is 1.68. The van der Waals surface area contributed by atoms with E-state index in [1.165, 1.54) is 24.1 Å². The summed E-state index contributed by atoms with van der Waals surface area (Å²) in [4.78, 5) is 13.7. The molecule has 0 saturated heterocycles. The average Bonchev–Trinajstić information content (AvgIpc) is 2.82. The van der Waals surface area contributed by atoms with E-state index in [0.29, 0.717) is 12.0 Å². The molecule has 0 saturated carbocycles. The number of nitrogens with two attached hydrogens (primary N) is 1. The molecule has 0 bridgehead atoms. The van der Waals surface area contributed by atoms with Gasteiger partial charge in [-0.05, 0) is 33.3 Å². The first-order chi connectivity index (χ1) is 10.1. The molecule has 0 aliphatic carbocycles. The number of nitrogen functional groups attached to an aromatic ring is 1. The fourth-order valence-corrected chi connectivity index (χ4v) is 3.33. The van der Waals surface area contributed by atoms with Crippen LogP contribution in [0.25, 0.3) is 10.2 Å². The van der Waals surface area contributed by atoms with E-state index in [2.05, 4.69) is 54.1 Å². The SMILES string of the molecule is CCCCCN(c1nc(NN)nc2sc(C)cc12)C(C)C. The van der Waals surface area contributed by atoms with Crippen LogP contribution in [0.1, 0.15) is 44.9 Å². The lowest BCUT2D eigenvalue weighted by atomic mass is 10.2. The van der Waals surface area contributed by atoms with Crippen molar-refractivity contribution >= 4 is 33.3 Å². The van der Waals surface area contributed by atoms with Crippen molar-refractivity contribution in [2.75, 3.05) is 16.9 Å². The van der Waals surface area contributed by atoms with E-state index in [9.17, 15) is 0 Å². The van der Waals surface area contributed by atoms with E-state index in [-0.39, 0.29) is 0 Å². The Bertz CT molecular complexity index is 593. The number of fused-ring (bicyclic) bond motifs is 1. The normalized spacial score (nSPS) is 11.3. The maximum absolute atomic E-state index is 5.53. The molecule has 0 aliphatic heterocycles. The molecule has 5 nitrogen and oxygen atoms in total. The van der Waals surface area contributed by atoms with Crippen molar-refractivity contribution in [2.45, 2.75) is 53.0 Å². The lowest BCUT2D eigenvalue weighted by Gasteiger charge is -2.28. The predicted molar refractivity (Wildman–Crippen MR) is 92.0 cm³/mol. The summed E-state index contributed by atoms with van der Waals surface area (Å²) in [6.45, 7) is 9.74. The second kappa shape index (κ2) is 7.04. The topological polar surface area (TPSA) is 67.1 Å². The van der Waals surface area contributed by atoms with Crippen molar-refractivity contribution in [3.63, 3.8) is 0 Å². The average molecular weight is 307 g/mol. The van der Waals surface area contributed by atoms with Crippen LogP contribution >= 0.6 is 11.3 Å². The van der Waals surface area contributed by atoms with Crippen LogP contribution in [0.4, 0.5) is 11.8 Å². The highest BCUT2D eigenvalue weighted by Gasteiger charge is 2.18. The highest BCUT2D eigenvalue weighted by molar-refractivity contribution is 7.18. The molecule has 2 heterocycles. The van der Waals surface area contributed by atoms with Crippen LogP contribution in [0, 0.1) is 6.92 Å². The van der Waals surface area contributed by atoms with Gasteiger partial charge in [-0.1, -0.05) is 19.8 Å². The van der Waals surface area contributed by atoms with E-state index in [1.54, 1.807) is 11.3 Å². The summed E-state index contributed by atoms with van der Waals surface area (Å²) in [5.41, 5.74) is 2.59. The van der Waals surface area contributed by atoms with Crippen LogP contribution in [0.2, 0.25) is 0 Å². The third-order valence-corrected chi connectivity index (χ3v) is 4.47. The number of anilines is 2. The molecule has 0 radical (unpaired) electrons. The van der Waals surface area contributed by atoms with Crippen LogP contribution in [0.15, 0.2) is 6.07 Å². The molecule has 0 aromatic carbocycles. The predicted octanol–water partition coefficient (Wildman–Crippen LogP) is 3.69. The summed E-state index contributed by atoms with van der Waals surface area (Å²) in [6.07, 6.45) is 3.63. The molecule has 0 spiro atoms. The summed E-state index contributed by atoms with van der Waals surface area (Å²) in [5, 5.41) is 1.13. The lowest BCUT2D eigenvalue weighted by molar-refractivity contribution is 0.621. The van der Waals surface area contributed by atoms with E-state index in [0.717, 1.165) is 22.6 Å². The van der Waals surface area contributed by atoms with Crippen LogP contribution in [-0.2, 0) is 0 Å². The lowest BCUT2D eigenvalue weighted by Crippen LogP contribution is -2.33. The van der Waals surface area contributed by atoms with Crippen molar-refractivity contribution < 1.29 is 0 Å². The number of nitrogens with zero attached hydrogens (tertiary/aromatic N) is 3. The van der Waals surface area contributed by atoms with E-state index < -0.39 is 0 Å². The number of thiophene rings is 1. The maximum Gasteiger partial charge on any atom is 0.240 e. The number of aryl methyl sites for hydroxylation is 1. The summed E-state index contributed by atoms with van der Waals surface area (Å²) in [6, 6.07) is 2.57. The highest BCUT2D eigenvalue weighted by Crippen LogP contribution is 2.32. The van der Waals surface area contributed by atoms with Gasteiger partial charge in [0.15, 0.2) is 0 Å². The van der Waals surface area contributed by atoms with Crippen molar-refractivity contribution in [3.8, 4) is 0 Å². The fraction of sp³-hybridized carbons (Fsp3) is 0.600. The summed E-state index contributed by atoms with van der Waals surface area (Å²) in [7, 11) is 0. The first-order valence-electron chi connectivity index (χ1n) is 7.58. The standard InChI is InChI=1S/C15H25N5S/c1-5-6-7-8-20(10(2)3)13-12-9-11(4)21-14(12)18-15(17-13)19-16/h9-10H,5-8,16H2,1-4H3,(H,17,18,19). The van der Waals surface area contributed by atoms with E-state index >= 15 is 0 Å². The minimum absolute atomic E-state index is 0.394. The van der Waals surface area contributed by atoms with Gasteiger partial charge in [-0.15, -0.1) is 11.3 Å². The highest BCUT2D eigenvalue weighted by atomic mass is 32.1. The molecule has 0 amide bonds. The summed E-state index contributed by atoms with van der Waals surface area (Å²) < 4.78 is 0. The van der Waals surface area contributed by atoms with Crippen LogP contribution in [-0.4, -0.2) is 22.6 Å². The van der Waals surface area contributed by atoms with Crippen LogP contribution in [0.5, 0.6) is 0 Å². The Kier molecular flexibility index (Phi) is 5.36. The first kappa shape index (κ1) is 16.0. The number of unbranched alkanes of at least 4 members (excludes halogenated alkanes) is 2. The molecule has 0 aliphatic rings. The second-order valence-corrected chi connectivity index (χ2v) is 6.82. The Morgan fingerprint density at radius 3 is 2.71 bits per heavy atom. The zero-order chi connectivity index (χ0) is 15.4. The van der Waals surface area contributed by atoms with Crippen LogP contribution < -0.4 is 16.2 Å². The van der Waals surface area contributed by atoms with Crippen molar-refractivity contribution in [1.82, 2.24) is 9.97 Å². The van der Waals surface area contributed by atoms with Crippen LogP contribution in [0.3, 0.4) is 0 Å². The fourth-order valence-electron chi connectivity index (χ4n) is 2.45. The van der Waals surface area contributed by atoms with Gasteiger partial charge in [-0.3, -0.25) is 5.43 Å². The van der Waals surface area contributed by atoms with Gasteiger partial charge in [0.05, 0.1) is 5.39 Å². The number of hydrazine groups is 1. The molecule has 0 unspecified atom stereocenters. The van der Waals surface area contributed by atoms with E-state index in [4.69, 9.17) is 5.84 Å². The Morgan fingerprint density at radius 1 is 1.33 bits per heavy atom. The molecular formula is C15H25N5S. The maximum atomic E-state index is 5.53. The van der Waals surface area contributed by atoms with Gasteiger partial charge in [-0.25, -0.2) is 10.8 Å². The molecule has 0 atom stereocenters. The van der Waals surface area contributed by atoms with Gasteiger partial charge in [0.1, 0.15) is 10.6 Å². The van der Waals surface area contributed by atoms with Gasteiger partial charge in [0.2, 0.25) is 5.95 Å². The smallest absolute Gasteiger partial charge is 0.240 e. The van der Waals surface area contributed by atoms with Crippen molar-refractivity contribution in [3.05, 3.63) is 10.9 Å². The number of aromatic nitrogens is 2. The Hall–Kier alpha value is -1.40. The monoisotopic (exact) mass is 307 g/mol. The van der Waals surface area contributed by atoms with Gasteiger partial charge in [0, 0.05) is 17.5 Å². The number of rotatable bonds is 7. The zero-order valence-corrected chi connectivity index (χ0v) is 14.1. The zero-order valence-electron chi connectivity index (χ0n) is 13.3. The quantitative estimate of drug-likeness (QED) is 0.464. The van der Waals surface area contributed by atoms with Gasteiger partial charge < -0.3 is 4.90 Å². The van der Waals surface area contributed by atoms with Gasteiger partial charge in [0.25, 0.3) is 0 Å². The molecule has 6 heteroatoms. The third kappa shape index (κ3) is 3.63. The minimum atomic E-state index is 0.394. The van der Waals surface area contributed by atoms with Crippen molar-refractivity contribution in [2.24, 2.45) is 5.84 Å². The second-order valence-electron chi connectivity index (χ2n) is 5.59. The van der Waals surface area contributed by atoms with Crippen molar-refractivity contribution in [1.29, 1.82) is 0 Å². The molecular weight excluding hydrogens is 282 g/mol. The third-order valence-electron chi connectivity index (χ3n) is 3.52. The first-order valence-corrected chi connectivity index (χ1v) is 8.40. The molecule has 3 N–H and O–H groups in total. The minimum Gasteiger partial charge on any atom is -0.353 e. The molecule has 2 aromatic heterocycles. The molecule has 21 heavy (non-hydrogen) atoms. The molecule has 2 aromatic rings. The van der Waals surface area contributed by atoms with E-state index in [1.807, 2.05) is 0 Å². The van der Waals surface area contributed by atoms with Gasteiger partial charge in [-0.2, -0.15) is 4.98 Å². The number of hydrogen-bond donors (Lipinski definition) is 2.